The number of carbonyl (C=O) groups is 1. The third-order valence-corrected chi connectivity index (χ3v) is 4.51. The minimum Gasteiger partial charge on any atom is -0.454 e. The van der Waals surface area contributed by atoms with E-state index in [-0.39, 0.29) is 37.1 Å². The van der Waals surface area contributed by atoms with Crippen LogP contribution in [0.2, 0.25) is 0 Å². The highest BCUT2D eigenvalue weighted by Crippen LogP contribution is 2.33. The standard InChI is InChI=1S/C17H24N2O4.ClH/c1-21-7-6-19(17(20)13-3-4-14(18)9-13)10-12-2-5-15-16(8-12)23-11-22-15;/h2,5,8,13-14H,3-4,6-7,9-11,18H2,1H3;1H. The Bertz CT molecular complexity index is 570. The molecule has 0 spiro atoms. The second kappa shape index (κ2) is 8.55. The molecule has 1 aliphatic carbocycles. The summed E-state index contributed by atoms with van der Waals surface area (Å²) in [5.41, 5.74) is 6.98. The quantitative estimate of drug-likeness (QED) is 0.843. The molecule has 0 aromatic heterocycles. The van der Waals surface area contributed by atoms with Crippen LogP contribution in [0.1, 0.15) is 24.8 Å². The predicted octanol–water partition coefficient (Wildman–Crippen LogP) is 1.94. The number of hydrogen-bond donors (Lipinski definition) is 1. The highest BCUT2D eigenvalue weighted by atomic mass is 35.5. The Morgan fingerprint density at radius 2 is 2.12 bits per heavy atom. The summed E-state index contributed by atoms with van der Waals surface area (Å²) >= 11 is 0. The Morgan fingerprint density at radius 3 is 2.83 bits per heavy atom. The van der Waals surface area contributed by atoms with Gasteiger partial charge in [-0.25, -0.2) is 0 Å². The number of benzene rings is 1. The van der Waals surface area contributed by atoms with Crippen molar-refractivity contribution in [3.05, 3.63) is 23.8 Å². The summed E-state index contributed by atoms with van der Waals surface area (Å²) in [5.74, 6) is 1.71. The Labute approximate surface area is 148 Å². The van der Waals surface area contributed by atoms with Gasteiger partial charge in [0.05, 0.1) is 6.61 Å². The van der Waals surface area contributed by atoms with Gasteiger partial charge in [-0.05, 0) is 37.0 Å². The average Bonchev–Trinajstić information content (AvgIpc) is 3.18. The van der Waals surface area contributed by atoms with Crippen LogP contribution in [0.5, 0.6) is 11.5 Å². The third-order valence-electron chi connectivity index (χ3n) is 4.51. The maximum absolute atomic E-state index is 12.8. The van der Waals surface area contributed by atoms with E-state index in [9.17, 15) is 4.79 Å². The number of nitrogens with zero attached hydrogens (tertiary/aromatic N) is 1. The molecular formula is C17H25ClN2O4. The fraction of sp³-hybridized carbons (Fsp3) is 0.588. The monoisotopic (exact) mass is 356 g/mol. The lowest BCUT2D eigenvalue weighted by Crippen LogP contribution is -2.37. The van der Waals surface area contributed by atoms with E-state index in [0.29, 0.717) is 19.7 Å². The van der Waals surface area contributed by atoms with Crippen molar-refractivity contribution in [3.63, 3.8) is 0 Å². The molecule has 2 N–H and O–H groups in total. The van der Waals surface area contributed by atoms with Crippen LogP contribution in [-0.2, 0) is 16.1 Å². The summed E-state index contributed by atoms with van der Waals surface area (Å²) in [6, 6.07) is 5.96. The van der Waals surface area contributed by atoms with Gasteiger partial charge < -0.3 is 24.8 Å². The fourth-order valence-corrected chi connectivity index (χ4v) is 3.23. The lowest BCUT2D eigenvalue weighted by atomic mass is 10.1. The first-order valence-corrected chi connectivity index (χ1v) is 8.09. The predicted molar refractivity (Wildman–Crippen MR) is 92.4 cm³/mol. The van der Waals surface area contributed by atoms with Gasteiger partial charge in [0.2, 0.25) is 12.7 Å². The van der Waals surface area contributed by atoms with Gasteiger partial charge in [0.1, 0.15) is 0 Å². The van der Waals surface area contributed by atoms with Crippen LogP contribution in [0.4, 0.5) is 0 Å². The zero-order chi connectivity index (χ0) is 16.2. The van der Waals surface area contributed by atoms with Crippen molar-refractivity contribution in [1.82, 2.24) is 4.90 Å². The molecular weight excluding hydrogens is 332 g/mol. The number of methoxy groups -OCH3 is 1. The zero-order valence-corrected chi connectivity index (χ0v) is 14.7. The Hall–Kier alpha value is -1.50. The van der Waals surface area contributed by atoms with Crippen molar-refractivity contribution in [3.8, 4) is 11.5 Å². The van der Waals surface area contributed by atoms with Crippen LogP contribution in [0.25, 0.3) is 0 Å². The Kier molecular flexibility index (Phi) is 6.71. The lowest BCUT2D eigenvalue weighted by Gasteiger charge is -2.25. The van der Waals surface area contributed by atoms with E-state index in [1.807, 2.05) is 23.1 Å². The van der Waals surface area contributed by atoms with Crippen molar-refractivity contribution in [1.29, 1.82) is 0 Å². The van der Waals surface area contributed by atoms with Gasteiger partial charge in [-0.1, -0.05) is 6.07 Å². The molecule has 2 unspecified atom stereocenters. The molecule has 1 aromatic rings. The van der Waals surface area contributed by atoms with Gasteiger partial charge in [0.25, 0.3) is 0 Å². The van der Waals surface area contributed by atoms with E-state index in [4.69, 9.17) is 19.9 Å². The molecule has 2 aliphatic rings. The van der Waals surface area contributed by atoms with Crippen molar-refractivity contribution < 1.29 is 19.0 Å². The molecule has 1 aliphatic heterocycles. The molecule has 1 fully saturated rings. The minimum absolute atomic E-state index is 0. The normalized spacial score (nSPS) is 21.4. The summed E-state index contributed by atoms with van der Waals surface area (Å²) in [7, 11) is 1.65. The molecule has 0 radical (unpaired) electrons. The maximum Gasteiger partial charge on any atom is 0.231 e. The average molecular weight is 357 g/mol. The van der Waals surface area contributed by atoms with E-state index in [1.165, 1.54) is 0 Å². The molecule has 7 heteroatoms. The summed E-state index contributed by atoms with van der Waals surface area (Å²) in [6.45, 7) is 1.90. The van der Waals surface area contributed by atoms with E-state index in [1.54, 1.807) is 7.11 Å². The summed E-state index contributed by atoms with van der Waals surface area (Å²) in [4.78, 5) is 14.7. The highest BCUT2D eigenvalue weighted by Gasteiger charge is 2.31. The van der Waals surface area contributed by atoms with Crippen LogP contribution >= 0.6 is 12.4 Å². The van der Waals surface area contributed by atoms with Gasteiger partial charge in [-0.3, -0.25) is 4.79 Å². The Balaban J connectivity index is 0.00000208. The van der Waals surface area contributed by atoms with E-state index in [2.05, 4.69) is 0 Å². The lowest BCUT2D eigenvalue weighted by molar-refractivity contribution is -0.136. The number of ether oxygens (including phenoxy) is 3. The van der Waals surface area contributed by atoms with Crippen molar-refractivity contribution in [2.24, 2.45) is 11.7 Å². The van der Waals surface area contributed by atoms with Crippen molar-refractivity contribution in [2.75, 3.05) is 27.1 Å². The van der Waals surface area contributed by atoms with Gasteiger partial charge in [0.15, 0.2) is 11.5 Å². The van der Waals surface area contributed by atoms with Crippen LogP contribution in [0.3, 0.4) is 0 Å². The third kappa shape index (κ3) is 4.32. The molecule has 6 nitrogen and oxygen atoms in total. The van der Waals surface area contributed by atoms with E-state index in [0.717, 1.165) is 36.3 Å². The number of fused-ring (bicyclic) bond motifs is 1. The number of nitrogens with two attached hydrogens (primary N) is 1. The number of carbonyl (C=O) groups excluding carboxylic acids is 1. The first-order valence-electron chi connectivity index (χ1n) is 8.09. The fourth-order valence-electron chi connectivity index (χ4n) is 3.23. The first kappa shape index (κ1) is 18.8. The van der Waals surface area contributed by atoms with Gasteiger partial charge in [-0.15, -0.1) is 12.4 Å². The van der Waals surface area contributed by atoms with Gasteiger partial charge in [-0.2, -0.15) is 0 Å². The molecule has 1 saturated carbocycles. The molecule has 1 heterocycles. The number of hydrogen-bond acceptors (Lipinski definition) is 5. The van der Waals surface area contributed by atoms with Gasteiger partial charge in [0, 0.05) is 32.2 Å². The Morgan fingerprint density at radius 1 is 1.33 bits per heavy atom. The summed E-state index contributed by atoms with van der Waals surface area (Å²) in [5, 5.41) is 0. The number of amides is 1. The van der Waals surface area contributed by atoms with Gasteiger partial charge >= 0.3 is 0 Å². The molecule has 1 amide bonds. The largest absolute Gasteiger partial charge is 0.454 e. The second-order valence-corrected chi connectivity index (χ2v) is 6.21. The summed E-state index contributed by atoms with van der Waals surface area (Å²) in [6.07, 6.45) is 2.59. The molecule has 0 saturated heterocycles. The molecule has 3 rings (SSSR count). The van der Waals surface area contributed by atoms with E-state index >= 15 is 0 Å². The minimum atomic E-state index is 0. The van der Waals surface area contributed by atoms with Crippen molar-refractivity contribution in [2.45, 2.75) is 31.8 Å². The first-order chi connectivity index (χ1) is 11.2. The maximum atomic E-state index is 12.8. The molecule has 1 aromatic carbocycles. The zero-order valence-electron chi connectivity index (χ0n) is 13.9. The van der Waals surface area contributed by atoms with E-state index < -0.39 is 0 Å². The summed E-state index contributed by atoms with van der Waals surface area (Å²) < 4.78 is 15.9. The SMILES string of the molecule is COCCN(Cc1ccc2c(c1)OCO2)C(=O)C1CCC(N)C1.Cl. The molecule has 24 heavy (non-hydrogen) atoms. The smallest absolute Gasteiger partial charge is 0.231 e. The van der Waals surface area contributed by atoms with Crippen LogP contribution in [-0.4, -0.2) is 43.9 Å². The molecule has 2 atom stereocenters. The van der Waals surface area contributed by atoms with Crippen LogP contribution in [0, 0.1) is 5.92 Å². The highest BCUT2D eigenvalue weighted by molar-refractivity contribution is 5.85. The van der Waals surface area contributed by atoms with Crippen LogP contribution < -0.4 is 15.2 Å². The second-order valence-electron chi connectivity index (χ2n) is 6.21. The number of rotatable bonds is 6. The topological polar surface area (TPSA) is 74.0 Å². The number of halogens is 1. The molecule has 134 valence electrons. The van der Waals surface area contributed by atoms with Crippen LogP contribution in [0.15, 0.2) is 18.2 Å². The van der Waals surface area contributed by atoms with Crippen molar-refractivity contribution >= 4 is 18.3 Å². The molecule has 0 bridgehead atoms.